The Hall–Kier alpha value is -2.53. The molecule has 0 amide bonds. The van der Waals surface area contributed by atoms with E-state index in [0.29, 0.717) is 6.79 Å². The lowest BCUT2D eigenvalue weighted by Crippen LogP contribution is -2.04. The molecule has 4 rings (SSSR count). The van der Waals surface area contributed by atoms with Crippen LogP contribution in [0.5, 0.6) is 11.5 Å². The van der Waals surface area contributed by atoms with Gasteiger partial charge in [-0.25, -0.2) is 4.98 Å². The van der Waals surface area contributed by atoms with E-state index in [1.54, 1.807) is 11.3 Å². The van der Waals surface area contributed by atoms with Crippen molar-refractivity contribution in [2.24, 2.45) is 0 Å². The molecular weight excluding hydrogens is 308 g/mol. The lowest BCUT2D eigenvalue weighted by atomic mass is 10.1. The van der Waals surface area contributed by atoms with Crippen LogP contribution in [0, 0.1) is 0 Å². The van der Waals surface area contributed by atoms with Gasteiger partial charge in [-0.2, -0.15) is 0 Å². The van der Waals surface area contributed by atoms with Gasteiger partial charge in [-0.15, -0.1) is 11.3 Å². The zero-order valence-electron chi connectivity index (χ0n) is 12.5. The highest BCUT2D eigenvalue weighted by Gasteiger charge is 2.15. The second-order valence-corrected chi connectivity index (χ2v) is 6.13. The highest BCUT2D eigenvalue weighted by Crippen LogP contribution is 2.36. The molecule has 0 spiro atoms. The van der Waals surface area contributed by atoms with E-state index < -0.39 is 0 Å². The molecule has 0 atom stereocenters. The lowest BCUT2D eigenvalue weighted by Gasteiger charge is -2.03. The maximum Gasteiger partial charge on any atom is 0.231 e. The Morgan fingerprint density at radius 1 is 1.04 bits per heavy atom. The van der Waals surface area contributed by atoms with Crippen LogP contribution in [0.4, 0.5) is 5.13 Å². The fourth-order valence-electron chi connectivity index (χ4n) is 2.50. The van der Waals surface area contributed by atoms with Crippen molar-refractivity contribution in [2.45, 2.75) is 6.42 Å². The molecule has 0 radical (unpaired) electrons. The quantitative estimate of drug-likeness (QED) is 0.764. The van der Waals surface area contributed by atoms with Gasteiger partial charge in [-0.3, -0.25) is 0 Å². The molecule has 1 aromatic heterocycles. The topological polar surface area (TPSA) is 43.4 Å². The van der Waals surface area contributed by atoms with Crippen molar-refractivity contribution in [3.63, 3.8) is 0 Å². The minimum Gasteiger partial charge on any atom is -0.454 e. The summed E-state index contributed by atoms with van der Waals surface area (Å²) in [5, 5.41) is 6.38. The Bertz CT molecular complexity index is 802. The first-order valence-corrected chi connectivity index (χ1v) is 8.40. The molecule has 0 unspecified atom stereocenters. The van der Waals surface area contributed by atoms with E-state index in [-0.39, 0.29) is 0 Å². The third-order valence-electron chi connectivity index (χ3n) is 3.71. The van der Waals surface area contributed by atoms with Gasteiger partial charge < -0.3 is 14.8 Å². The first kappa shape index (κ1) is 14.1. The molecule has 1 N–H and O–H groups in total. The monoisotopic (exact) mass is 324 g/mol. The number of ether oxygens (including phenoxy) is 2. The number of anilines is 1. The van der Waals surface area contributed by atoms with Crippen molar-refractivity contribution >= 4 is 16.5 Å². The first-order chi connectivity index (χ1) is 11.4. The standard InChI is InChI=1S/C18H16N2O2S/c1-2-4-13(5-3-1)8-9-19-18-20-15(11-23-18)14-6-7-16-17(10-14)22-12-21-16/h1-7,10-11H,8-9,12H2,(H,19,20). The zero-order valence-corrected chi connectivity index (χ0v) is 13.3. The number of aromatic nitrogens is 1. The molecule has 0 bridgehead atoms. The summed E-state index contributed by atoms with van der Waals surface area (Å²) in [6, 6.07) is 16.4. The third-order valence-corrected chi connectivity index (χ3v) is 4.51. The predicted molar refractivity (Wildman–Crippen MR) is 92.3 cm³/mol. The average Bonchev–Trinajstić information content (AvgIpc) is 3.24. The number of nitrogens with zero attached hydrogens (tertiary/aromatic N) is 1. The van der Waals surface area contributed by atoms with Crippen molar-refractivity contribution in [3.05, 3.63) is 59.5 Å². The van der Waals surface area contributed by atoms with Crippen LogP contribution in [0.1, 0.15) is 5.56 Å². The van der Waals surface area contributed by atoms with Gasteiger partial charge in [0.1, 0.15) is 0 Å². The van der Waals surface area contributed by atoms with E-state index >= 15 is 0 Å². The molecule has 3 aromatic rings. The smallest absolute Gasteiger partial charge is 0.231 e. The number of benzene rings is 2. The largest absolute Gasteiger partial charge is 0.454 e. The second kappa shape index (κ2) is 6.30. The molecule has 1 aliphatic heterocycles. The summed E-state index contributed by atoms with van der Waals surface area (Å²) in [5.74, 6) is 1.58. The van der Waals surface area contributed by atoms with E-state index in [0.717, 1.165) is 40.9 Å². The van der Waals surface area contributed by atoms with Crippen molar-refractivity contribution in [2.75, 3.05) is 18.7 Å². The summed E-state index contributed by atoms with van der Waals surface area (Å²) in [4.78, 5) is 4.65. The number of thiazole rings is 1. The molecule has 0 fully saturated rings. The molecule has 2 aromatic carbocycles. The van der Waals surface area contributed by atoms with Crippen molar-refractivity contribution in [1.29, 1.82) is 0 Å². The van der Waals surface area contributed by atoms with E-state index in [4.69, 9.17) is 9.47 Å². The van der Waals surface area contributed by atoms with E-state index in [9.17, 15) is 0 Å². The summed E-state index contributed by atoms with van der Waals surface area (Å²) in [7, 11) is 0. The van der Waals surface area contributed by atoms with Crippen LogP contribution in [0.25, 0.3) is 11.3 Å². The normalized spacial score (nSPS) is 12.3. The molecule has 5 heteroatoms. The van der Waals surface area contributed by atoms with Gasteiger partial charge in [0.15, 0.2) is 16.6 Å². The molecule has 4 nitrogen and oxygen atoms in total. The van der Waals surface area contributed by atoms with Crippen molar-refractivity contribution in [1.82, 2.24) is 4.98 Å². The summed E-state index contributed by atoms with van der Waals surface area (Å²) in [5.41, 5.74) is 3.32. The van der Waals surface area contributed by atoms with Gasteiger partial charge in [0.2, 0.25) is 6.79 Å². The van der Waals surface area contributed by atoms with Gasteiger partial charge in [0, 0.05) is 17.5 Å². The highest BCUT2D eigenvalue weighted by molar-refractivity contribution is 7.14. The van der Waals surface area contributed by atoms with Gasteiger partial charge in [0.05, 0.1) is 5.69 Å². The van der Waals surface area contributed by atoms with Crippen molar-refractivity contribution in [3.8, 4) is 22.8 Å². The van der Waals surface area contributed by atoms with Crippen LogP contribution in [0.15, 0.2) is 53.9 Å². The number of hydrogen-bond donors (Lipinski definition) is 1. The van der Waals surface area contributed by atoms with Crippen LogP contribution in [-0.2, 0) is 6.42 Å². The summed E-state index contributed by atoms with van der Waals surface area (Å²) < 4.78 is 10.8. The summed E-state index contributed by atoms with van der Waals surface area (Å²) in [6.07, 6.45) is 0.986. The molecular formula is C18H16N2O2S. The fraction of sp³-hybridized carbons (Fsp3) is 0.167. The van der Waals surface area contributed by atoms with Crippen LogP contribution in [-0.4, -0.2) is 18.3 Å². The van der Waals surface area contributed by atoms with Crippen LogP contribution in [0.3, 0.4) is 0 Å². The Kier molecular flexibility index (Phi) is 3.86. The van der Waals surface area contributed by atoms with Gasteiger partial charge in [-0.05, 0) is 30.2 Å². The maximum absolute atomic E-state index is 5.42. The number of nitrogens with one attached hydrogen (secondary N) is 1. The molecule has 0 saturated carbocycles. The molecule has 116 valence electrons. The predicted octanol–water partition coefficient (Wildman–Crippen LogP) is 4.19. The second-order valence-electron chi connectivity index (χ2n) is 5.27. The Balaban J connectivity index is 1.41. The third kappa shape index (κ3) is 3.14. The molecule has 0 saturated heterocycles. The molecule has 2 heterocycles. The first-order valence-electron chi connectivity index (χ1n) is 7.52. The molecule has 23 heavy (non-hydrogen) atoms. The molecule has 1 aliphatic rings. The van der Waals surface area contributed by atoms with Gasteiger partial charge in [-0.1, -0.05) is 30.3 Å². The Morgan fingerprint density at radius 3 is 2.83 bits per heavy atom. The highest BCUT2D eigenvalue weighted by atomic mass is 32.1. The van der Waals surface area contributed by atoms with Crippen LogP contribution in [0.2, 0.25) is 0 Å². The molecule has 0 aliphatic carbocycles. The van der Waals surface area contributed by atoms with Crippen LogP contribution >= 0.6 is 11.3 Å². The number of rotatable bonds is 5. The number of hydrogen-bond acceptors (Lipinski definition) is 5. The minimum atomic E-state index is 0.294. The summed E-state index contributed by atoms with van der Waals surface area (Å²) in [6.45, 7) is 1.17. The van der Waals surface area contributed by atoms with Gasteiger partial charge >= 0.3 is 0 Å². The van der Waals surface area contributed by atoms with E-state index in [1.807, 2.05) is 24.3 Å². The number of fused-ring (bicyclic) bond motifs is 1. The Morgan fingerprint density at radius 2 is 1.91 bits per heavy atom. The maximum atomic E-state index is 5.42. The SMILES string of the molecule is c1ccc(CCNc2nc(-c3ccc4c(c3)OCO4)cs2)cc1. The fourth-order valence-corrected chi connectivity index (χ4v) is 3.25. The Labute approximate surface area is 138 Å². The van der Waals surface area contributed by atoms with E-state index in [2.05, 4.69) is 39.9 Å². The van der Waals surface area contributed by atoms with E-state index in [1.165, 1.54) is 5.56 Å². The summed E-state index contributed by atoms with van der Waals surface area (Å²) >= 11 is 1.62. The lowest BCUT2D eigenvalue weighted by molar-refractivity contribution is 0.174. The van der Waals surface area contributed by atoms with Crippen molar-refractivity contribution < 1.29 is 9.47 Å². The van der Waals surface area contributed by atoms with Gasteiger partial charge in [0.25, 0.3) is 0 Å². The average molecular weight is 324 g/mol. The van der Waals surface area contributed by atoms with Crippen LogP contribution < -0.4 is 14.8 Å². The minimum absolute atomic E-state index is 0.294. The zero-order chi connectivity index (χ0) is 15.5.